The predicted octanol–water partition coefficient (Wildman–Crippen LogP) is 16.2. The lowest BCUT2D eigenvalue weighted by molar-refractivity contribution is 1.01. The molecular formula is C57H35N3S2. The monoisotopic (exact) mass is 825 g/mol. The number of hydrogen-bond acceptors (Lipinski definition) is 5. The van der Waals surface area contributed by atoms with E-state index in [9.17, 15) is 0 Å². The Kier molecular flexibility index (Phi) is 8.08. The summed E-state index contributed by atoms with van der Waals surface area (Å²) < 4.78 is 3.79. The summed E-state index contributed by atoms with van der Waals surface area (Å²) in [4.78, 5) is 17.1. The van der Waals surface area contributed by atoms with Gasteiger partial charge >= 0.3 is 0 Å². The van der Waals surface area contributed by atoms with Gasteiger partial charge in [0.05, 0.1) is 0 Å². The lowest BCUT2D eigenvalue weighted by Gasteiger charge is -2.12. The fourth-order valence-corrected chi connectivity index (χ4v) is 12.3. The highest BCUT2D eigenvalue weighted by molar-refractivity contribution is 7.26. The van der Waals surface area contributed by atoms with Crippen LogP contribution in [0.1, 0.15) is 16.9 Å². The third-order valence-corrected chi connectivity index (χ3v) is 15.0. The van der Waals surface area contributed by atoms with E-state index < -0.39 is 0 Å². The van der Waals surface area contributed by atoms with E-state index in [0.29, 0.717) is 17.5 Å². The van der Waals surface area contributed by atoms with Crippen LogP contribution in [0.15, 0.2) is 182 Å². The van der Waals surface area contributed by atoms with Gasteiger partial charge in [0.15, 0.2) is 17.5 Å². The van der Waals surface area contributed by atoms with Gasteiger partial charge in [-0.2, -0.15) is 0 Å². The topological polar surface area (TPSA) is 38.7 Å². The van der Waals surface area contributed by atoms with Gasteiger partial charge in [-0.15, -0.1) is 22.7 Å². The van der Waals surface area contributed by atoms with Crippen LogP contribution in [0.4, 0.5) is 0 Å². The van der Waals surface area contributed by atoms with Crippen molar-refractivity contribution in [3.63, 3.8) is 0 Å². The van der Waals surface area contributed by atoms with Gasteiger partial charge in [-0.3, -0.25) is 0 Å². The highest BCUT2D eigenvalue weighted by atomic mass is 32.1. The molecule has 0 saturated carbocycles. The second kappa shape index (κ2) is 14.1. The Hall–Kier alpha value is -7.31. The Balaban J connectivity index is 0.984. The van der Waals surface area contributed by atoms with Crippen LogP contribution in [0.5, 0.6) is 0 Å². The van der Waals surface area contributed by atoms with Crippen molar-refractivity contribution in [2.24, 2.45) is 0 Å². The number of thiophene rings is 2. The minimum atomic E-state index is 0.657. The van der Waals surface area contributed by atoms with Crippen LogP contribution in [0.2, 0.25) is 0 Å². The summed E-state index contributed by atoms with van der Waals surface area (Å²) in [6.07, 6.45) is 6.74. The Morgan fingerprint density at radius 3 is 1.73 bits per heavy atom. The second-order valence-electron chi connectivity index (χ2n) is 16.1. The third-order valence-electron chi connectivity index (χ3n) is 12.6. The van der Waals surface area contributed by atoms with Crippen LogP contribution in [0.3, 0.4) is 0 Å². The smallest absolute Gasteiger partial charge is 0.164 e. The molecule has 5 heteroatoms. The van der Waals surface area contributed by atoms with Crippen LogP contribution in [-0.4, -0.2) is 15.0 Å². The highest BCUT2D eigenvalue weighted by Crippen LogP contribution is 2.46. The third kappa shape index (κ3) is 5.59. The summed E-state index contributed by atoms with van der Waals surface area (Å²) >= 11 is 3.73. The number of fused-ring (bicyclic) bond motifs is 12. The molecular weight excluding hydrogens is 791 g/mol. The van der Waals surface area contributed by atoms with Gasteiger partial charge in [-0.25, -0.2) is 15.0 Å². The van der Waals surface area contributed by atoms with Gasteiger partial charge < -0.3 is 0 Å². The molecule has 0 bridgehead atoms. The molecule has 1 aliphatic carbocycles. The first-order valence-electron chi connectivity index (χ1n) is 21.1. The summed E-state index contributed by atoms with van der Waals surface area (Å²) in [5, 5.41) is 11.4. The summed E-state index contributed by atoms with van der Waals surface area (Å²) in [6.45, 7) is 0. The quantitative estimate of drug-likeness (QED) is 0.162. The number of nitrogens with zero attached hydrogens (tertiary/aromatic N) is 3. The zero-order valence-electron chi connectivity index (χ0n) is 33.5. The molecule has 0 atom stereocenters. The Morgan fingerprint density at radius 2 is 0.935 bits per heavy atom. The van der Waals surface area contributed by atoms with Crippen LogP contribution in [0, 0.1) is 0 Å². The van der Waals surface area contributed by atoms with Crippen LogP contribution >= 0.6 is 22.7 Å². The van der Waals surface area contributed by atoms with Gasteiger partial charge in [0.1, 0.15) is 0 Å². The SMILES string of the molecule is C1=Cc2sc3cccc(-c4cccc(-c5nc(-c6ccccc6)nc(-c6cccc7sc8c(-c9ccc%10c%11ccccc%11c%11ccccc%11c%10c9)cccc8c67)n5)c4)c3c2CC1. The van der Waals surface area contributed by atoms with Crippen molar-refractivity contribution >= 4 is 91.3 Å². The van der Waals surface area contributed by atoms with Gasteiger partial charge in [-0.1, -0.05) is 158 Å². The number of aromatic nitrogens is 3. The van der Waals surface area contributed by atoms with Gasteiger partial charge in [-0.05, 0) is 103 Å². The number of allylic oxidation sites excluding steroid dienone is 1. The van der Waals surface area contributed by atoms with E-state index in [2.05, 4.69) is 170 Å². The maximum atomic E-state index is 5.34. The summed E-state index contributed by atoms with van der Waals surface area (Å²) in [6, 6.07) is 63.6. The average molecular weight is 826 g/mol. The van der Waals surface area contributed by atoms with E-state index in [1.807, 2.05) is 40.9 Å². The first-order valence-corrected chi connectivity index (χ1v) is 22.8. The van der Waals surface area contributed by atoms with Crippen molar-refractivity contribution in [2.45, 2.75) is 12.8 Å². The van der Waals surface area contributed by atoms with Crippen molar-refractivity contribution in [1.29, 1.82) is 0 Å². The molecule has 13 rings (SSSR count). The predicted molar refractivity (Wildman–Crippen MR) is 265 cm³/mol. The maximum absolute atomic E-state index is 5.34. The zero-order valence-corrected chi connectivity index (χ0v) is 35.1. The summed E-state index contributed by atoms with van der Waals surface area (Å²) in [5.74, 6) is 1.98. The van der Waals surface area contributed by atoms with E-state index in [4.69, 9.17) is 15.0 Å². The highest BCUT2D eigenvalue weighted by Gasteiger charge is 2.21. The van der Waals surface area contributed by atoms with Crippen molar-refractivity contribution in [3.05, 3.63) is 192 Å². The Labute approximate surface area is 366 Å². The van der Waals surface area contributed by atoms with Gasteiger partial charge in [0.25, 0.3) is 0 Å². The van der Waals surface area contributed by atoms with Gasteiger partial charge in [0.2, 0.25) is 0 Å². The number of rotatable bonds is 5. The molecule has 0 unspecified atom stereocenters. The molecule has 3 aromatic heterocycles. The largest absolute Gasteiger partial charge is 0.208 e. The lowest BCUT2D eigenvalue weighted by atomic mass is 9.92. The molecule has 3 heterocycles. The molecule has 0 fully saturated rings. The van der Waals surface area contributed by atoms with Gasteiger partial charge in [0, 0.05) is 51.8 Å². The van der Waals surface area contributed by atoms with E-state index in [-0.39, 0.29) is 0 Å². The molecule has 62 heavy (non-hydrogen) atoms. The molecule has 0 saturated heterocycles. The minimum absolute atomic E-state index is 0.657. The fraction of sp³-hybridized carbons (Fsp3) is 0.0351. The zero-order chi connectivity index (χ0) is 40.7. The number of benzene rings is 9. The van der Waals surface area contributed by atoms with Crippen LogP contribution in [0.25, 0.3) is 125 Å². The lowest BCUT2D eigenvalue weighted by Crippen LogP contribution is -2.00. The molecule has 0 radical (unpaired) electrons. The second-order valence-corrected chi connectivity index (χ2v) is 18.3. The van der Waals surface area contributed by atoms with Crippen molar-refractivity contribution in [1.82, 2.24) is 15.0 Å². The summed E-state index contributed by atoms with van der Waals surface area (Å²) in [7, 11) is 0. The Morgan fingerprint density at radius 1 is 0.371 bits per heavy atom. The molecule has 3 nitrogen and oxygen atoms in total. The molecule has 0 aliphatic heterocycles. The number of hydrogen-bond donors (Lipinski definition) is 0. The standard InChI is InChI=1S/C57H35N3S2/c1-2-14-34(15-3-1)55-58-56(37-17-10-16-35(32-37)38-23-12-28-50-52(38)45-22-8-9-27-49(45)61-50)60-57(59-55)47-26-13-29-51-53(47)46-25-11-24-39(54(46)62-51)36-30-31-44-42-20-5-4-18-40(42)41-19-6-7-21-43(41)48(44)33-36/h1-7,9-21,23-33H,8,22H2. The maximum Gasteiger partial charge on any atom is 0.164 e. The van der Waals surface area contributed by atoms with Crippen LogP contribution in [-0.2, 0) is 6.42 Å². The first kappa shape index (κ1) is 35.4. The molecule has 290 valence electrons. The number of aryl methyl sites for hydroxylation is 1. The van der Waals surface area contributed by atoms with E-state index >= 15 is 0 Å². The molecule has 9 aromatic carbocycles. The van der Waals surface area contributed by atoms with Crippen LogP contribution < -0.4 is 0 Å². The van der Waals surface area contributed by atoms with E-state index in [0.717, 1.165) is 29.5 Å². The molecule has 1 aliphatic rings. The molecule has 0 spiro atoms. The minimum Gasteiger partial charge on any atom is -0.208 e. The fourth-order valence-electron chi connectivity index (χ4n) is 9.78. The van der Waals surface area contributed by atoms with E-state index in [1.54, 1.807) is 0 Å². The molecule has 0 amide bonds. The normalized spacial score (nSPS) is 12.6. The van der Waals surface area contributed by atoms with E-state index in [1.165, 1.54) is 95.3 Å². The Bertz CT molecular complexity index is 3780. The first-order chi connectivity index (χ1) is 30.7. The van der Waals surface area contributed by atoms with Crippen molar-refractivity contribution < 1.29 is 0 Å². The summed E-state index contributed by atoms with van der Waals surface area (Å²) in [5.41, 5.74) is 9.24. The molecule has 12 aromatic rings. The molecule has 0 N–H and O–H groups in total. The van der Waals surface area contributed by atoms with Crippen molar-refractivity contribution in [3.8, 4) is 56.4 Å². The van der Waals surface area contributed by atoms with Crippen molar-refractivity contribution in [2.75, 3.05) is 0 Å². The average Bonchev–Trinajstić information content (AvgIpc) is 3.93.